The number of anilines is 1. The zero-order valence-corrected chi connectivity index (χ0v) is 16.0. The van der Waals surface area contributed by atoms with Crippen LogP contribution in [0, 0.1) is 0 Å². The van der Waals surface area contributed by atoms with Gasteiger partial charge in [0.25, 0.3) is 0 Å². The largest absolute Gasteiger partial charge is 0.366 e. The van der Waals surface area contributed by atoms with Crippen LogP contribution in [0.25, 0.3) is 22.7 Å². The predicted octanol–water partition coefficient (Wildman–Crippen LogP) is 3.61. The molecule has 1 aromatic carbocycles. The van der Waals surface area contributed by atoms with Gasteiger partial charge >= 0.3 is 6.03 Å². The van der Waals surface area contributed by atoms with Crippen LogP contribution >= 0.6 is 0 Å². The summed E-state index contributed by atoms with van der Waals surface area (Å²) in [6.45, 7) is 1.53. The number of hydrogen-bond acceptors (Lipinski definition) is 3. The van der Waals surface area contributed by atoms with Gasteiger partial charge in [-0.05, 0) is 37.0 Å². The van der Waals surface area contributed by atoms with Gasteiger partial charge in [-0.15, -0.1) is 0 Å². The van der Waals surface area contributed by atoms with Gasteiger partial charge in [0.1, 0.15) is 5.65 Å². The molecule has 0 bridgehead atoms. The molecule has 0 saturated carbocycles. The fourth-order valence-electron chi connectivity index (χ4n) is 3.66. The number of nitrogens with zero attached hydrogens (tertiary/aromatic N) is 2. The van der Waals surface area contributed by atoms with Gasteiger partial charge in [-0.1, -0.05) is 30.3 Å². The van der Waals surface area contributed by atoms with Crippen LogP contribution in [0.1, 0.15) is 30.4 Å². The number of benzene rings is 1. The molecule has 2 aromatic heterocycles. The monoisotopic (exact) mass is 389 g/mol. The number of urea groups is 1. The van der Waals surface area contributed by atoms with Crippen LogP contribution in [0.4, 0.5) is 10.5 Å². The molecule has 7 nitrogen and oxygen atoms in total. The number of fused-ring (bicyclic) bond motifs is 1. The van der Waals surface area contributed by atoms with Gasteiger partial charge in [-0.3, -0.25) is 4.79 Å². The van der Waals surface area contributed by atoms with Crippen LogP contribution < -0.4 is 11.1 Å². The van der Waals surface area contributed by atoms with Gasteiger partial charge < -0.3 is 20.9 Å². The number of primary amides is 1. The molecular formula is C22H23N5O2. The molecule has 0 radical (unpaired) electrons. The number of pyridine rings is 1. The average Bonchev–Trinajstić information content (AvgIpc) is 3.17. The first-order chi connectivity index (χ1) is 14.1. The van der Waals surface area contributed by atoms with E-state index in [0.29, 0.717) is 16.9 Å². The Hall–Kier alpha value is -3.61. The first-order valence-electron chi connectivity index (χ1n) is 9.72. The maximum Gasteiger partial charge on any atom is 0.321 e. The Balaban J connectivity index is 1.72. The number of carbonyl (C=O) groups excluding carboxylic acids is 2. The number of aromatic amines is 1. The van der Waals surface area contributed by atoms with E-state index in [4.69, 9.17) is 5.73 Å². The number of hydrogen-bond donors (Lipinski definition) is 3. The molecule has 3 aromatic rings. The second-order valence-corrected chi connectivity index (χ2v) is 7.09. The Labute approximate surface area is 168 Å². The summed E-state index contributed by atoms with van der Waals surface area (Å²) in [4.78, 5) is 34.0. The molecule has 1 aliphatic heterocycles. The van der Waals surface area contributed by atoms with Crippen molar-refractivity contribution in [2.24, 2.45) is 5.73 Å². The van der Waals surface area contributed by atoms with E-state index >= 15 is 0 Å². The number of likely N-dealkylation sites (tertiary alicyclic amines) is 1. The van der Waals surface area contributed by atoms with E-state index in [0.717, 1.165) is 48.9 Å². The van der Waals surface area contributed by atoms with E-state index in [9.17, 15) is 9.59 Å². The molecule has 3 heterocycles. The van der Waals surface area contributed by atoms with Gasteiger partial charge in [0.2, 0.25) is 5.91 Å². The highest BCUT2D eigenvalue weighted by Gasteiger charge is 2.19. The summed E-state index contributed by atoms with van der Waals surface area (Å²) < 4.78 is 0. The summed E-state index contributed by atoms with van der Waals surface area (Å²) in [5.41, 5.74) is 8.78. The van der Waals surface area contributed by atoms with Gasteiger partial charge in [0.15, 0.2) is 0 Å². The Morgan fingerprint density at radius 2 is 1.86 bits per heavy atom. The molecule has 4 N–H and O–H groups in total. The Morgan fingerprint density at radius 1 is 1.10 bits per heavy atom. The zero-order valence-electron chi connectivity index (χ0n) is 16.0. The lowest BCUT2D eigenvalue weighted by Gasteiger charge is -2.26. The van der Waals surface area contributed by atoms with E-state index in [1.165, 1.54) is 0 Å². The number of aromatic nitrogens is 2. The number of carbonyl (C=O) groups is 2. The highest BCUT2D eigenvalue weighted by atomic mass is 16.2. The van der Waals surface area contributed by atoms with Gasteiger partial charge in [0.05, 0.1) is 5.69 Å². The fourth-order valence-corrected chi connectivity index (χ4v) is 3.66. The van der Waals surface area contributed by atoms with Crippen LogP contribution in [-0.2, 0) is 4.79 Å². The van der Waals surface area contributed by atoms with Crippen molar-refractivity contribution < 1.29 is 9.59 Å². The summed E-state index contributed by atoms with van der Waals surface area (Å²) in [7, 11) is 0. The van der Waals surface area contributed by atoms with Crippen LogP contribution in [0.3, 0.4) is 0 Å². The molecule has 0 unspecified atom stereocenters. The summed E-state index contributed by atoms with van der Waals surface area (Å²) in [6.07, 6.45) is 8.34. The molecule has 148 valence electrons. The number of amides is 3. The molecule has 0 spiro atoms. The smallest absolute Gasteiger partial charge is 0.321 e. The highest BCUT2D eigenvalue weighted by molar-refractivity contribution is 6.24. The lowest BCUT2D eigenvalue weighted by atomic mass is 10.0. The van der Waals surface area contributed by atoms with Crippen molar-refractivity contribution in [3.63, 3.8) is 0 Å². The Morgan fingerprint density at radius 3 is 2.59 bits per heavy atom. The number of rotatable bonds is 4. The third-order valence-electron chi connectivity index (χ3n) is 5.14. The third kappa shape index (κ3) is 3.99. The molecular weight excluding hydrogens is 366 g/mol. The second-order valence-electron chi connectivity index (χ2n) is 7.09. The number of piperidine rings is 1. The normalized spacial score (nSPS) is 14.8. The van der Waals surface area contributed by atoms with E-state index in [1.54, 1.807) is 24.5 Å². The third-order valence-corrected chi connectivity index (χ3v) is 5.14. The summed E-state index contributed by atoms with van der Waals surface area (Å²) >= 11 is 0. The van der Waals surface area contributed by atoms with E-state index in [1.807, 2.05) is 35.2 Å². The van der Waals surface area contributed by atoms with Gasteiger partial charge in [-0.25, -0.2) is 9.78 Å². The maximum absolute atomic E-state index is 12.7. The van der Waals surface area contributed by atoms with Crippen LogP contribution in [-0.4, -0.2) is 39.9 Å². The van der Waals surface area contributed by atoms with Crippen LogP contribution in [0.2, 0.25) is 0 Å². The van der Waals surface area contributed by atoms with Crippen molar-refractivity contribution in [1.29, 1.82) is 0 Å². The standard InChI is InChI=1S/C22H23N5O2/c23-20(28)17(15-7-3-1-4-8-15)13-16-14-25-21-19(16)18(9-10-24-21)26-22(29)27-11-5-2-6-12-27/h1,3-4,7-10,13-14H,2,5-6,11-12H2,(H2,23,28)(H2,24,25,26,29). The van der Waals surface area contributed by atoms with Crippen molar-refractivity contribution in [3.8, 4) is 0 Å². The molecule has 1 aliphatic rings. The number of H-pyrrole nitrogens is 1. The first-order valence-corrected chi connectivity index (χ1v) is 9.72. The molecule has 29 heavy (non-hydrogen) atoms. The number of nitrogens with one attached hydrogen (secondary N) is 2. The van der Waals surface area contributed by atoms with E-state index in [2.05, 4.69) is 15.3 Å². The molecule has 7 heteroatoms. The van der Waals surface area contributed by atoms with Crippen LogP contribution in [0.15, 0.2) is 48.8 Å². The minimum Gasteiger partial charge on any atom is -0.366 e. The summed E-state index contributed by atoms with van der Waals surface area (Å²) in [6, 6.07) is 10.9. The summed E-state index contributed by atoms with van der Waals surface area (Å²) in [5, 5.41) is 3.75. The molecule has 0 aliphatic carbocycles. The summed E-state index contributed by atoms with van der Waals surface area (Å²) in [5.74, 6) is -0.520. The molecule has 1 fully saturated rings. The molecule has 0 atom stereocenters. The molecule has 4 rings (SSSR count). The predicted molar refractivity (Wildman–Crippen MR) is 114 cm³/mol. The lowest BCUT2D eigenvalue weighted by molar-refractivity contribution is -0.112. The highest BCUT2D eigenvalue weighted by Crippen LogP contribution is 2.29. The van der Waals surface area contributed by atoms with Crippen molar-refractivity contribution in [1.82, 2.24) is 14.9 Å². The Bertz CT molecular complexity index is 1070. The lowest BCUT2D eigenvalue weighted by Crippen LogP contribution is -2.38. The first kappa shape index (κ1) is 18.7. The minimum absolute atomic E-state index is 0.119. The quantitative estimate of drug-likeness (QED) is 0.594. The SMILES string of the molecule is NC(=O)C(=Cc1c[nH]c2nccc(NC(=O)N3CCCCC3)c12)c1ccccc1. The zero-order chi connectivity index (χ0) is 20.2. The van der Waals surface area contributed by atoms with Crippen molar-refractivity contribution in [3.05, 3.63) is 59.9 Å². The van der Waals surface area contributed by atoms with Crippen molar-refractivity contribution in [2.45, 2.75) is 19.3 Å². The van der Waals surface area contributed by atoms with Gasteiger partial charge in [-0.2, -0.15) is 0 Å². The average molecular weight is 389 g/mol. The Kier molecular flexibility index (Phi) is 5.29. The molecule has 1 saturated heterocycles. The van der Waals surface area contributed by atoms with Gasteiger partial charge in [0, 0.05) is 42.0 Å². The second kappa shape index (κ2) is 8.18. The van der Waals surface area contributed by atoms with Crippen molar-refractivity contribution >= 4 is 40.3 Å². The van der Waals surface area contributed by atoms with E-state index < -0.39 is 5.91 Å². The molecule has 3 amide bonds. The fraction of sp³-hybridized carbons (Fsp3) is 0.227. The minimum atomic E-state index is -0.520. The van der Waals surface area contributed by atoms with Crippen LogP contribution in [0.5, 0.6) is 0 Å². The van der Waals surface area contributed by atoms with E-state index in [-0.39, 0.29) is 6.03 Å². The topological polar surface area (TPSA) is 104 Å². The number of nitrogens with two attached hydrogens (primary N) is 1. The van der Waals surface area contributed by atoms with Crippen molar-refractivity contribution in [2.75, 3.05) is 18.4 Å². The maximum atomic E-state index is 12.7.